The summed E-state index contributed by atoms with van der Waals surface area (Å²) >= 11 is 0. The molecular weight excluding hydrogens is 258 g/mol. The van der Waals surface area contributed by atoms with Crippen LogP contribution in [0.1, 0.15) is 50.9 Å². The number of aromatic nitrogens is 2. The minimum Gasteiger partial charge on any atom is -0.308 e. The predicted octanol–water partition coefficient (Wildman–Crippen LogP) is 3.83. The van der Waals surface area contributed by atoms with Crippen molar-refractivity contribution in [3.8, 4) is 0 Å². The van der Waals surface area contributed by atoms with Crippen LogP contribution in [0.25, 0.3) is 0 Å². The van der Waals surface area contributed by atoms with Crippen molar-refractivity contribution >= 4 is 0 Å². The quantitative estimate of drug-likeness (QED) is 0.838. The molecule has 1 aromatic heterocycles. The molecule has 0 fully saturated rings. The van der Waals surface area contributed by atoms with E-state index in [0.29, 0.717) is 0 Å². The van der Waals surface area contributed by atoms with Gasteiger partial charge in [-0.05, 0) is 31.0 Å². The summed E-state index contributed by atoms with van der Waals surface area (Å²) in [6.45, 7) is 7.67. The summed E-state index contributed by atoms with van der Waals surface area (Å²) in [5.41, 5.74) is 2.60. The molecular formula is C18H27N3. The van der Waals surface area contributed by atoms with Gasteiger partial charge in [-0.1, -0.05) is 51.1 Å². The molecule has 1 unspecified atom stereocenters. The van der Waals surface area contributed by atoms with Gasteiger partial charge in [0.1, 0.15) is 0 Å². The lowest BCUT2D eigenvalue weighted by Crippen LogP contribution is -2.41. The fourth-order valence-corrected chi connectivity index (χ4v) is 3.38. The van der Waals surface area contributed by atoms with E-state index < -0.39 is 0 Å². The maximum atomic E-state index is 4.67. The van der Waals surface area contributed by atoms with Crippen LogP contribution in [0.3, 0.4) is 0 Å². The molecule has 0 aliphatic carbocycles. The van der Waals surface area contributed by atoms with E-state index in [0.717, 1.165) is 25.1 Å². The van der Waals surface area contributed by atoms with Crippen molar-refractivity contribution in [1.29, 1.82) is 0 Å². The molecule has 1 atom stereocenters. The van der Waals surface area contributed by atoms with Crippen molar-refractivity contribution in [2.45, 2.75) is 45.1 Å². The first kappa shape index (κ1) is 15.8. The summed E-state index contributed by atoms with van der Waals surface area (Å²) in [4.78, 5) is 0. The molecule has 114 valence electrons. The van der Waals surface area contributed by atoms with E-state index in [4.69, 9.17) is 0 Å². The SMILES string of the molecule is CCNC(c1ccn(C)n1)C(CC)(CC)c1ccccc1. The molecule has 0 saturated carbocycles. The van der Waals surface area contributed by atoms with Gasteiger partial charge in [-0.3, -0.25) is 4.68 Å². The van der Waals surface area contributed by atoms with Gasteiger partial charge in [0.25, 0.3) is 0 Å². The van der Waals surface area contributed by atoms with Crippen LogP contribution in [0.4, 0.5) is 0 Å². The Hall–Kier alpha value is -1.61. The first-order valence-corrected chi connectivity index (χ1v) is 7.96. The van der Waals surface area contributed by atoms with Crippen LogP contribution in [0, 0.1) is 0 Å². The molecule has 3 nitrogen and oxygen atoms in total. The van der Waals surface area contributed by atoms with Crippen LogP contribution in [0.15, 0.2) is 42.6 Å². The van der Waals surface area contributed by atoms with Crippen molar-refractivity contribution in [3.05, 3.63) is 53.9 Å². The van der Waals surface area contributed by atoms with E-state index in [-0.39, 0.29) is 11.5 Å². The number of hydrogen-bond acceptors (Lipinski definition) is 2. The molecule has 0 aliphatic rings. The normalized spacial score (nSPS) is 13.3. The Labute approximate surface area is 128 Å². The maximum absolute atomic E-state index is 4.67. The Bertz CT molecular complexity index is 541. The zero-order valence-electron chi connectivity index (χ0n) is 13.6. The van der Waals surface area contributed by atoms with E-state index >= 15 is 0 Å². The van der Waals surface area contributed by atoms with E-state index in [1.807, 2.05) is 17.9 Å². The number of rotatable bonds is 7. The third-order valence-corrected chi connectivity index (χ3v) is 4.60. The van der Waals surface area contributed by atoms with Crippen LogP contribution in [-0.2, 0) is 12.5 Å². The van der Waals surface area contributed by atoms with Gasteiger partial charge in [0.2, 0.25) is 0 Å². The lowest BCUT2D eigenvalue weighted by atomic mass is 9.69. The highest BCUT2D eigenvalue weighted by Crippen LogP contribution is 2.42. The van der Waals surface area contributed by atoms with Gasteiger partial charge in [0.15, 0.2) is 0 Å². The van der Waals surface area contributed by atoms with Gasteiger partial charge in [-0.25, -0.2) is 0 Å². The Balaban J connectivity index is 2.51. The summed E-state index contributed by atoms with van der Waals surface area (Å²) in [6.07, 6.45) is 4.20. The van der Waals surface area contributed by atoms with E-state index in [2.05, 4.69) is 67.6 Å². The number of likely N-dealkylation sites (N-methyl/N-ethyl adjacent to an activating group) is 1. The number of nitrogens with zero attached hydrogens (tertiary/aromatic N) is 2. The molecule has 0 spiro atoms. The second-order valence-corrected chi connectivity index (χ2v) is 5.63. The van der Waals surface area contributed by atoms with Crippen LogP contribution in [-0.4, -0.2) is 16.3 Å². The molecule has 2 rings (SSSR count). The number of benzene rings is 1. The van der Waals surface area contributed by atoms with Crippen LogP contribution in [0.2, 0.25) is 0 Å². The number of hydrogen-bond donors (Lipinski definition) is 1. The summed E-state index contributed by atoms with van der Waals surface area (Å²) in [6, 6.07) is 13.2. The second-order valence-electron chi connectivity index (χ2n) is 5.63. The van der Waals surface area contributed by atoms with Crippen molar-refractivity contribution < 1.29 is 0 Å². The largest absolute Gasteiger partial charge is 0.308 e. The standard InChI is InChI=1S/C18H27N3/c1-5-18(6-2,15-11-9-8-10-12-15)17(19-7-3)16-13-14-21(4)20-16/h8-14,17,19H,5-7H2,1-4H3. The number of aryl methyl sites for hydroxylation is 1. The summed E-state index contributed by atoms with van der Waals surface area (Å²) in [7, 11) is 1.98. The fraction of sp³-hybridized carbons (Fsp3) is 0.500. The summed E-state index contributed by atoms with van der Waals surface area (Å²) < 4.78 is 1.89. The minimum atomic E-state index is 0.0750. The zero-order valence-corrected chi connectivity index (χ0v) is 13.6. The van der Waals surface area contributed by atoms with Gasteiger partial charge in [0, 0.05) is 18.7 Å². The summed E-state index contributed by atoms with van der Waals surface area (Å²) in [5, 5.41) is 8.35. The van der Waals surface area contributed by atoms with Gasteiger partial charge < -0.3 is 5.32 Å². The molecule has 2 aromatic rings. The molecule has 0 bridgehead atoms. The lowest BCUT2D eigenvalue weighted by Gasteiger charge is -2.40. The third-order valence-electron chi connectivity index (χ3n) is 4.60. The lowest BCUT2D eigenvalue weighted by molar-refractivity contribution is 0.272. The van der Waals surface area contributed by atoms with Gasteiger partial charge >= 0.3 is 0 Å². The Morgan fingerprint density at radius 2 is 1.76 bits per heavy atom. The van der Waals surface area contributed by atoms with Crippen molar-refractivity contribution in [2.24, 2.45) is 7.05 Å². The summed E-state index contributed by atoms with van der Waals surface area (Å²) in [5.74, 6) is 0. The number of nitrogens with one attached hydrogen (secondary N) is 1. The van der Waals surface area contributed by atoms with Crippen LogP contribution in [0.5, 0.6) is 0 Å². The minimum absolute atomic E-state index is 0.0750. The molecule has 0 saturated heterocycles. The predicted molar refractivity (Wildman–Crippen MR) is 88.3 cm³/mol. The first-order chi connectivity index (χ1) is 10.2. The molecule has 21 heavy (non-hydrogen) atoms. The van der Waals surface area contributed by atoms with E-state index in [1.165, 1.54) is 5.56 Å². The topological polar surface area (TPSA) is 29.9 Å². The highest BCUT2D eigenvalue weighted by atomic mass is 15.3. The molecule has 1 N–H and O–H groups in total. The average Bonchev–Trinajstić information content (AvgIpc) is 2.95. The monoisotopic (exact) mass is 285 g/mol. The van der Waals surface area contributed by atoms with Gasteiger partial charge in [-0.15, -0.1) is 0 Å². The van der Waals surface area contributed by atoms with Crippen molar-refractivity contribution in [2.75, 3.05) is 6.54 Å². The second kappa shape index (κ2) is 6.90. The molecule has 1 aromatic carbocycles. The molecule has 0 radical (unpaired) electrons. The maximum Gasteiger partial charge on any atom is 0.0802 e. The molecule has 3 heteroatoms. The third kappa shape index (κ3) is 3.03. The highest BCUT2D eigenvalue weighted by molar-refractivity contribution is 5.30. The molecule has 1 heterocycles. The zero-order chi connectivity index (χ0) is 15.3. The van der Waals surface area contributed by atoms with Gasteiger partial charge in [0.05, 0.1) is 11.7 Å². The Kier molecular flexibility index (Phi) is 5.18. The first-order valence-electron chi connectivity index (χ1n) is 7.96. The highest BCUT2D eigenvalue weighted by Gasteiger charge is 2.39. The average molecular weight is 285 g/mol. The fourth-order valence-electron chi connectivity index (χ4n) is 3.38. The van der Waals surface area contributed by atoms with Crippen LogP contribution >= 0.6 is 0 Å². The van der Waals surface area contributed by atoms with Crippen LogP contribution < -0.4 is 5.32 Å². The Morgan fingerprint density at radius 1 is 1.10 bits per heavy atom. The van der Waals surface area contributed by atoms with Crippen molar-refractivity contribution in [3.63, 3.8) is 0 Å². The molecule has 0 aliphatic heterocycles. The smallest absolute Gasteiger partial charge is 0.0802 e. The van der Waals surface area contributed by atoms with Gasteiger partial charge in [-0.2, -0.15) is 5.10 Å². The van der Waals surface area contributed by atoms with Crippen molar-refractivity contribution in [1.82, 2.24) is 15.1 Å². The van der Waals surface area contributed by atoms with E-state index in [9.17, 15) is 0 Å². The molecule has 0 amide bonds. The Morgan fingerprint density at radius 3 is 2.24 bits per heavy atom. The van der Waals surface area contributed by atoms with E-state index in [1.54, 1.807) is 0 Å².